The minimum atomic E-state index is 0.910. The maximum atomic E-state index is 6.13. The topological polar surface area (TPSA) is 12.5 Å². The summed E-state index contributed by atoms with van der Waals surface area (Å²) in [5.41, 5.74) is 8.13. The van der Waals surface area contributed by atoms with Crippen LogP contribution in [-0.2, 0) is 0 Å². The van der Waals surface area contributed by atoms with E-state index >= 15 is 0 Å². The third-order valence-corrected chi connectivity index (χ3v) is 8.03. The Bertz CT molecular complexity index is 1730. The van der Waals surface area contributed by atoms with Crippen molar-refractivity contribution in [3.8, 4) is 33.8 Å². The lowest BCUT2D eigenvalue weighted by Crippen LogP contribution is -2.09. The Morgan fingerprint density at radius 3 is 1.56 bits per heavy atom. The van der Waals surface area contributed by atoms with Crippen LogP contribution in [0.25, 0.3) is 22.3 Å². The van der Waals surface area contributed by atoms with Crippen LogP contribution in [0.2, 0.25) is 0 Å². The van der Waals surface area contributed by atoms with Gasteiger partial charge in [-0.25, -0.2) is 0 Å². The molecule has 2 nitrogen and oxygen atoms in total. The molecule has 186 valence electrons. The second kappa shape index (κ2) is 10.2. The predicted molar refractivity (Wildman–Crippen MR) is 163 cm³/mol. The number of nitrogens with zero attached hydrogens (tertiary/aromatic N) is 1. The van der Waals surface area contributed by atoms with Gasteiger partial charge >= 0.3 is 0 Å². The highest BCUT2D eigenvalue weighted by atomic mass is 32.2. The molecule has 0 radical (unpaired) electrons. The van der Waals surface area contributed by atoms with Crippen molar-refractivity contribution in [3.63, 3.8) is 0 Å². The molecule has 39 heavy (non-hydrogen) atoms. The van der Waals surface area contributed by atoms with E-state index in [4.69, 9.17) is 4.74 Å². The first kappa shape index (κ1) is 23.4. The zero-order valence-electron chi connectivity index (χ0n) is 21.2. The molecule has 1 heterocycles. The van der Waals surface area contributed by atoms with Gasteiger partial charge in [-0.15, -0.1) is 0 Å². The van der Waals surface area contributed by atoms with Crippen LogP contribution >= 0.6 is 11.8 Å². The first-order valence-corrected chi connectivity index (χ1v) is 13.8. The molecule has 0 unspecified atom stereocenters. The highest BCUT2D eigenvalue weighted by Crippen LogP contribution is 2.48. The van der Waals surface area contributed by atoms with Crippen LogP contribution < -0.4 is 9.64 Å². The highest BCUT2D eigenvalue weighted by molar-refractivity contribution is 7.99. The van der Waals surface area contributed by atoms with E-state index in [2.05, 4.69) is 144 Å². The van der Waals surface area contributed by atoms with Crippen molar-refractivity contribution >= 4 is 28.8 Å². The lowest BCUT2D eigenvalue weighted by molar-refractivity contribution is 0.454. The quantitative estimate of drug-likeness (QED) is 0.224. The lowest BCUT2D eigenvalue weighted by Gasteiger charge is -2.26. The van der Waals surface area contributed by atoms with Gasteiger partial charge in [0, 0.05) is 17.1 Å². The molecule has 3 heteroatoms. The monoisotopic (exact) mass is 519 g/mol. The number of hydrogen-bond donors (Lipinski definition) is 0. The number of hydrogen-bond acceptors (Lipinski definition) is 3. The smallest absolute Gasteiger partial charge is 0.141 e. The van der Waals surface area contributed by atoms with Gasteiger partial charge in [0.25, 0.3) is 0 Å². The van der Waals surface area contributed by atoms with E-state index in [9.17, 15) is 0 Å². The Labute approximate surface area is 233 Å². The van der Waals surface area contributed by atoms with Gasteiger partial charge in [0.15, 0.2) is 0 Å². The average molecular weight is 520 g/mol. The largest absolute Gasteiger partial charge is 0.455 e. The summed E-state index contributed by atoms with van der Waals surface area (Å²) in [6, 6.07) is 53.2. The summed E-state index contributed by atoms with van der Waals surface area (Å²) in [6.45, 7) is 0. The van der Waals surface area contributed by atoms with Crippen LogP contribution in [0, 0.1) is 0 Å². The Morgan fingerprint density at radius 2 is 0.872 bits per heavy atom. The Hall–Kier alpha value is -4.73. The van der Waals surface area contributed by atoms with Crippen LogP contribution in [0.15, 0.2) is 161 Å². The number of anilines is 3. The predicted octanol–water partition coefficient (Wildman–Crippen LogP) is 10.7. The van der Waals surface area contributed by atoms with Crippen molar-refractivity contribution in [2.24, 2.45) is 0 Å². The molecule has 0 bridgehead atoms. The summed E-state index contributed by atoms with van der Waals surface area (Å²) >= 11 is 1.76. The van der Waals surface area contributed by atoms with Gasteiger partial charge in [0.2, 0.25) is 0 Å². The van der Waals surface area contributed by atoms with Crippen molar-refractivity contribution < 1.29 is 4.74 Å². The molecule has 6 aromatic carbocycles. The fourth-order valence-electron chi connectivity index (χ4n) is 4.97. The molecule has 1 aliphatic rings. The number of rotatable bonds is 5. The van der Waals surface area contributed by atoms with Crippen LogP contribution in [-0.4, -0.2) is 0 Å². The molecule has 0 amide bonds. The molecule has 0 N–H and O–H groups in total. The van der Waals surface area contributed by atoms with Gasteiger partial charge in [-0.3, -0.25) is 0 Å². The molecule has 0 saturated carbocycles. The SMILES string of the molecule is c1ccc(-c2ccc(N(c3ccccc3)c3ccc(-c4ccc5c(c4)Sc4ccccc4O5)cc3)cc2)cc1. The number of fused-ring (bicyclic) bond motifs is 2. The van der Waals surface area contributed by atoms with Gasteiger partial charge < -0.3 is 9.64 Å². The summed E-state index contributed by atoms with van der Waals surface area (Å²) < 4.78 is 6.13. The van der Waals surface area contributed by atoms with Crippen molar-refractivity contribution in [3.05, 3.63) is 152 Å². The van der Waals surface area contributed by atoms with Gasteiger partial charge in [-0.1, -0.05) is 103 Å². The fourth-order valence-corrected chi connectivity index (χ4v) is 5.96. The van der Waals surface area contributed by atoms with Crippen molar-refractivity contribution in [1.29, 1.82) is 0 Å². The molecule has 0 saturated heterocycles. The third kappa shape index (κ3) is 4.69. The molecule has 0 aromatic heterocycles. The highest BCUT2D eigenvalue weighted by Gasteiger charge is 2.18. The van der Waals surface area contributed by atoms with Gasteiger partial charge in [-0.2, -0.15) is 0 Å². The van der Waals surface area contributed by atoms with Gasteiger partial charge in [0.05, 0.1) is 9.79 Å². The maximum Gasteiger partial charge on any atom is 0.141 e. The second-order valence-corrected chi connectivity index (χ2v) is 10.5. The Kier molecular flexibility index (Phi) is 6.12. The van der Waals surface area contributed by atoms with Gasteiger partial charge in [0.1, 0.15) is 11.5 Å². The molecular formula is C36H25NOS. The second-order valence-electron chi connectivity index (χ2n) is 9.44. The van der Waals surface area contributed by atoms with Crippen LogP contribution in [0.3, 0.4) is 0 Å². The minimum Gasteiger partial charge on any atom is -0.455 e. The Morgan fingerprint density at radius 1 is 0.385 bits per heavy atom. The molecule has 0 atom stereocenters. The summed E-state index contributed by atoms with van der Waals surface area (Å²) in [6.07, 6.45) is 0. The molecule has 7 rings (SSSR count). The number of benzene rings is 6. The van der Waals surface area contributed by atoms with Gasteiger partial charge in [-0.05, 0) is 82.9 Å². The molecule has 0 fully saturated rings. The lowest BCUT2D eigenvalue weighted by atomic mass is 10.0. The maximum absolute atomic E-state index is 6.13. The normalized spacial score (nSPS) is 11.7. The van der Waals surface area contributed by atoms with Crippen LogP contribution in [0.1, 0.15) is 0 Å². The van der Waals surface area contributed by atoms with E-state index in [-0.39, 0.29) is 0 Å². The van der Waals surface area contributed by atoms with E-state index in [0.29, 0.717) is 0 Å². The average Bonchev–Trinajstić information content (AvgIpc) is 3.01. The third-order valence-electron chi connectivity index (χ3n) is 6.94. The zero-order chi connectivity index (χ0) is 26.0. The zero-order valence-corrected chi connectivity index (χ0v) is 22.0. The standard InChI is InChI=1S/C36H25NOS/c1-3-9-26(10-4-1)27-15-20-31(21-16-27)37(30-11-5-2-6-12-30)32-22-17-28(18-23-32)29-19-24-34-36(25-29)39-35-14-8-7-13-33(35)38-34/h1-25H. The summed E-state index contributed by atoms with van der Waals surface area (Å²) in [7, 11) is 0. The van der Waals surface area contributed by atoms with E-state index in [1.807, 2.05) is 12.1 Å². The minimum absolute atomic E-state index is 0.910. The number of para-hydroxylation sites is 2. The molecule has 0 spiro atoms. The molecular weight excluding hydrogens is 494 g/mol. The molecule has 1 aliphatic heterocycles. The van der Waals surface area contributed by atoms with Crippen LogP contribution in [0.4, 0.5) is 17.1 Å². The van der Waals surface area contributed by atoms with Crippen molar-refractivity contribution in [2.75, 3.05) is 4.90 Å². The van der Waals surface area contributed by atoms with Crippen molar-refractivity contribution in [2.45, 2.75) is 9.79 Å². The fraction of sp³-hybridized carbons (Fsp3) is 0. The Balaban J connectivity index is 1.20. The van der Waals surface area contributed by atoms with Crippen molar-refractivity contribution in [1.82, 2.24) is 0 Å². The molecule has 0 aliphatic carbocycles. The first-order chi connectivity index (χ1) is 19.3. The van der Waals surface area contributed by atoms with E-state index in [0.717, 1.165) is 38.4 Å². The first-order valence-electron chi connectivity index (χ1n) is 13.0. The summed E-state index contributed by atoms with van der Waals surface area (Å²) in [5.74, 6) is 1.83. The molecule has 6 aromatic rings. The van der Waals surface area contributed by atoms with E-state index in [1.165, 1.54) is 22.3 Å². The van der Waals surface area contributed by atoms with E-state index < -0.39 is 0 Å². The van der Waals surface area contributed by atoms with E-state index in [1.54, 1.807) is 11.8 Å². The van der Waals surface area contributed by atoms with Crippen LogP contribution in [0.5, 0.6) is 11.5 Å². The number of ether oxygens (including phenoxy) is 1. The summed E-state index contributed by atoms with van der Waals surface area (Å²) in [4.78, 5) is 4.58. The summed E-state index contributed by atoms with van der Waals surface area (Å²) in [5, 5.41) is 0.